The first-order valence-electron chi connectivity index (χ1n) is 5.65. The average molecular weight is 330 g/mol. The first-order valence-corrected chi connectivity index (χ1v) is 7.33. The smallest absolute Gasteiger partial charge is 0.107 e. The molecule has 0 amide bonds. The van der Waals surface area contributed by atoms with E-state index in [-0.39, 0.29) is 12.1 Å². The van der Waals surface area contributed by atoms with Gasteiger partial charge in [-0.1, -0.05) is 0 Å². The van der Waals surface area contributed by atoms with Crippen molar-refractivity contribution in [3.63, 3.8) is 0 Å². The Kier molecular flexibility index (Phi) is 4.16. The Bertz CT molecular complexity index is 533. The van der Waals surface area contributed by atoms with Crippen molar-refractivity contribution in [1.82, 2.24) is 20.2 Å². The number of nitrogens with two attached hydrogens (primary N) is 1. The van der Waals surface area contributed by atoms with E-state index in [4.69, 9.17) is 5.84 Å². The summed E-state index contributed by atoms with van der Waals surface area (Å²) in [7, 11) is 0. The SMILES string of the molecule is Cc1nc(C(NN)c2c(Br)cnn2C(C)C)cs1. The summed E-state index contributed by atoms with van der Waals surface area (Å²) >= 11 is 5.14. The second-order valence-corrected chi connectivity index (χ2v) is 6.22. The van der Waals surface area contributed by atoms with Gasteiger partial charge in [0.1, 0.15) is 6.04 Å². The highest BCUT2D eigenvalue weighted by Crippen LogP contribution is 2.30. The van der Waals surface area contributed by atoms with Crippen molar-refractivity contribution in [3.8, 4) is 0 Å². The van der Waals surface area contributed by atoms with Crippen molar-refractivity contribution in [1.29, 1.82) is 0 Å². The van der Waals surface area contributed by atoms with Crippen molar-refractivity contribution < 1.29 is 0 Å². The maximum absolute atomic E-state index is 5.70. The van der Waals surface area contributed by atoms with Gasteiger partial charge >= 0.3 is 0 Å². The van der Waals surface area contributed by atoms with Crippen LogP contribution >= 0.6 is 27.3 Å². The molecule has 18 heavy (non-hydrogen) atoms. The van der Waals surface area contributed by atoms with Crippen LogP contribution in [-0.4, -0.2) is 14.8 Å². The van der Waals surface area contributed by atoms with Crippen LogP contribution in [0.3, 0.4) is 0 Å². The molecule has 0 saturated heterocycles. The summed E-state index contributed by atoms with van der Waals surface area (Å²) in [5.41, 5.74) is 4.74. The van der Waals surface area contributed by atoms with Gasteiger partial charge < -0.3 is 0 Å². The molecule has 0 aliphatic carbocycles. The number of rotatable bonds is 4. The molecule has 2 heterocycles. The van der Waals surface area contributed by atoms with Crippen LogP contribution in [0.2, 0.25) is 0 Å². The summed E-state index contributed by atoms with van der Waals surface area (Å²) in [4.78, 5) is 4.49. The predicted molar refractivity (Wildman–Crippen MR) is 76.3 cm³/mol. The molecule has 1 unspecified atom stereocenters. The Hall–Kier alpha value is -0.760. The monoisotopic (exact) mass is 329 g/mol. The number of halogens is 1. The zero-order chi connectivity index (χ0) is 13.3. The second-order valence-electron chi connectivity index (χ2n) is 4.31. The summed E-state index contributed by atoms with van der Waals surface area (Å²) in [6, 6.07) is 0.108. The first-order chi connectivity index (χ1) is 8.54. The van der Waals surface area contributed by atoms with Crippen molar-refractivity contribution in [2.75, 3.05) is 0 Å². The molecule has 0 aliphatic heterocycles. The maximum atomic E-state index is 5.70. The van der Waals surface area contributed by atoms with Gasteiger partial charge in [-0.2, -0.15) is 5.10 Å². The Morgan fingerprint density at radius 1 is 1.50 bits per heavy atom. The molecule has 2 rings (SSSR count). The van der Waals surface area contributed by atoms with E-state index < -0.39 is 0 Å². The summed E-state index contributed by atoms with van der Waals surface area (Å²) in [6.45, 7) is 6.15. The van der Waals surface area contributed by atoms with Gasteiger partial charge in [0, 0.05) is 11.4 Å². The third kappa shape index (κ3) is 2.49. The lowest BCUT2D eigenvalue weighted by molar-refractivity contribution is 0.472. The van der Waals surface area contributed by atoms with Crippen LogP contribution in [-0.2, 0) is 0 Å². The van der Waals surface area contributed by atoms with E-state index in [0.717, 1.165) is 20.9 Å². The van der Waals surface area contributed by atoms with Gasteiger partial charge in [-0.25, -0.2) is 10.4 Å². The molecule has 0 spiro atoms. The van der Waals surface area contributed by atoms with Gasteiger partial charge in [-0.05, 0) is 36.7 Å². The van der Waals surface area contributed by atoms with E-state index in [9.17, 15) is 0 Å². The van der Waals surface area contributed by atoms with Crippen LogP contribution < -0.4 is 11.3 Å². The fraction of sp³-hybridized carbons (Fsp3) is 0.455. The summed E-state index contributed by atoms with van der Waals surface area (Å²) in [6.07, 6.45) is 1.79. The number of hydrazine groups is 1. The molecule has 0 aliphatic rings. The van der Waals surface area contributed by atoms with Crippen molar-refractivity contribution in [2.24, 2.45) is 5.84 Å². The number of hydrogen-bond acceptors (Lipinski definition) is 5. The van der Waals surface area contributed by atoms with Crippen LogP contribution in [0.5, 0.6) is 0 Å². The highest BCUT2D eigenvalue weighted by atomic mass is 79.9. The minimum atomic E-state index is -0.158. The Morgan fingerprint density at radius 2 is 2.22 bits per heavy atom. The molecule has 5 nitrogen and oxygen atoms in total. The minimum absolute atomic E-state index is 0.158. The van der Waals surface area contributed by atoms with Gasteiger partial charge in [0.15, 0.2) is 0 Å². The zero-order valence-electron chi connectivity index (χ0n) is 10.5. The molecule has 2 aromatic rings. The lowest BCUT2D eigenvalue weighted by Crippen LogP contribution is -2.31. The molecule has 1 atom stereocenters. The number of aromatic nitrogens is 3. The van der Waals surface area contributed by atoms with Gasteiger partial charge in [-0.3, -0.25) is 10.5 Å². The van der Waals surface area contributed by atoms with Crippen LogP contribution in [0.1, 0.15) is 42.3 Å². The average Bonchev–Trinajstić information content (AvgIpc) is 2.88. The van der Waals surface area contributed by atoms with E-state index >= 15 is 0 Å². The van der Waals surface area contributed by atoms with E-state index in [1.165, 1.54) is 0 Å². The molecule has 7 heteroatoms. The van der Waals surface area contributed by atoms with Gasteiger partial charge in [-0.15, -0.1) is 11.3 Å². The highest BCUT2D eigenvalue weighted by Gasteiger charge is 2.23. The highest BCUT2D eigenvalue weighted by molar-refractivity contribution is 9.10. The number of nitrogens with one attached hydrogen (secondary N) is 1. The topological polar surface area (TPSA) is 68.8 Å². The van der Waals surface area contributed by atoms with Gasteiger partial charge in [0.2, 0.25) is 0 Å². The van der Waals surface area contributed by atoms with Crippen LogP contribution in [0.15, 0.2) is 16.0 Å². The number of nitrogens with zero attached hydrogens (tertiary/aromatic N) is 3. The Balaban J connectivity index is 2.47. The molecule has 0 radical (unpaired) electrons. The number of aryl methyl sites for hydroxylation is 1. The molecule has 0 aromatic carbocycles. The molecule has 2 aromatic heterocycles. The Morgan fingerprint density at radius 3 is 2.72 bits per heavy atom. The molecular weight excluding hydrogens is 314 g/mol. The molecule has 3 N–H and O–H groups in total. The number of thiazole rings is 1. The van der Waals surface area contributed by atoms with Crippen LogP contribution in [0, 0.1) is 6.92 Å². The molecule has 0 saturated carbocycles. The quantitative estimate of drug-likeness (QED) is 0.668. The van der Waals surface area contributed by atoms with Crippen molar-refractivity contribution in [3.05, 3.63) is 32.4 Å². The van der Waals surface area contributed by atoms with E-state index in [1.54, 1.807) is 17.5 Å². The van der Waals surface area contributed by atoms with E-state index in [2.05, 4.69) is 45.3 Å². The fourth-order valence-corrected chi connectivity index (χ4v) is 2.99. The van der Waals surface area contributed by atoms with Crippen LogP contribution in [0.4, 0.5) is 0 Å². The second kappa shape index (κ2) is 5.48. The summed E-state index contributed by atoms with van der Waals surface area (Å²) in [5, 5.41) is 7.41. The van der Waals surface area contributed by atoms with E-state index in [1.807, 2.05) is 17.0 Å². The van der Waals surface area contributed by atoms with E-state index in [0.29, 0.717) is 0 Å². The summed E-state index contributed by atoms with van der Waals surface area (Å²) in [5.74, 6) is 5.70. The zero-order valence-corrected chi connectivity index (χ0v) is 12.9. The fourth-order valence-electron chi connectivity index (χ4n) is 1.85. The Labute approximate surface area is 119 Å². The van der Waals surface area contributed by atoms with Crippen molar-refractivity contribution in [2.45, 2.75) is 32.9 Å². The predicted octanol–water partition coefficient (Wildman–Crippen LogP) is 2.54. The number of hydrogen-bond donors (Lipinski definition) is 2. The van der Waals surface area contributed by atoms with Gasteiger partial charge in [0.25, 0.3) is 0 Å². The third-order valence-corrected chi connectivity index (χ3v) is 4.05. The third-order valence-electron chi connectivity index (χ3n) is 2.65. The maximum Gasteiger partial charge on any atom is 0.107 e. The normalized spacial score (nSPS) is 13.2. The largest absolute Gasteiger partial charge is 0.270 e. The molecule has 0 fully saturated rings. The van der Waals surface area contributed by atoms with Crippen molar-refractivity contribution >= 4 is 27.3 Å². The molecular formula is C11H16BrN5S. The minimum Gasteiger partial charge on any atom is -0.270 e. The summed E-state index contributed by atoms with van der Waals surface area (Å²) < 4.78 is 2.88. The van der Waals surface area contributed by atoms with Crippen LogP contribution in [0.25, 0.3) is 0 Å². The molecule has 98 valence electrons. The molecule has 0 bridgehead atoms. The lowest BCUT2D eigenvalue weighted by Gasteiger charge is -2.18. The lowest BCUT2D eigenvalue weighted by atomic mass is 10.1. The first kappa shape index (κ1) is 13.7. The standard InChI is InChI=1S/C11H16BrN5S/c1-6(2)17-11(8(12)4-14-17)10(16-13)9-5-18-7(3)15-9/h4-6,10,16H,13H2,1-3H3. The van der Waals surface area contributed by atoms with Gasteiger partial charge in [0.05, 0.1) is 27.1 Å².